The van der Waals surface area contributed by atoms with Gasteiger partial charge in [-0.1, -0.05) is 6.42 Å². The average molecular weight is 183 g/mol. The molecule has 0 aromatic rings. The molecule has 2 atom stereocenters. The second-order valence-corrected chi connectivity index (χ2v) is 3.95. The van der Waals surface area contributed by atoms with Gasteiger partial charge in [-0.3, -0.25) is 4.79 Å². The molecule has 0 aromatic carbocycles. The van der Waals surface area contributed by atoms with Gasteiger partial charge in [0.2, 0.25) is 0 Å². The van der Waals surface area contributed by atoms with Crippen LogP contribution in [0.2, 0.25) is 0 Å². The minimum Gasteiger partial charge on any atom is -0.378 e. The SMILES string of the molecule is O=C1CCCC[C@H]1[C@H]1COCCN1. The lowest BCUT2D eigenvalue weighted by Crippen LogP contribution is -2.49. The summed E-state index contributed by atoms with van der Waals surface area (Å²) in [6.45, 7) is 2.41. The summed E-state index contributed by atoms with van der Waals surface area (Å²) in [5.74, 6) is 0.670. The molecule has 0 spiro atoms. The maximum Gasteiger partial charge on any atom is 0.137 e. The van der Waals surface area contributed by atoms with Crippen molar-refractivity contribution in [2.24, 2.45) is 5.92 Å². The molecule has 0 unspecified atom stereocenters. The lowest BCUT2D eigenvalue weighted by atomic mass is 9.83. The number of ketones is 1. The standard InChI is InChI=1S/C10H17NO2/c12-10-4-2-1-3-8(10)9-7-13-6-5-11-9/h8-9,11H,1-7H2/t8-,9+/m0/s1. The number of nitrogens with one attached hydrogen (secondary N) is 1. The maximum absolute atomic E-state index is 11.6. The lowest BCUT2D eigenvalue weighted by molar-refractivity contribution is -0.126. The Kier molecular flexibility index (Phi) is 2.96. The van der Waals surface area contributed by atoms with Crippen LogP contribution >= 0.6 is 0 Å². The Bertz CT molecular complexity index is 187. The van der Waals surface area contributed by atoms with Crippen molar-refractivity contribution in [3.8, 4) is 0 Å². The van der Waals surface area contributed by atoms with Gasteiger partial charge in [0.25, 0.3) is 0 Å². The summed E-state index contributed by atoms with van der Waals surface area (Å²) in [6, 6.07) is 0.293. The van der Waals surface area contributed by atoms with E-state index in [1.54, 1.807) is 0 Å². The van der Waals surface area contributed by atoms with E-state index in [0.717, 1.165) is 39.0 Å². The molecule has 0 aromatic heterocycles. The maximum atomic E-state index is 11.6. The van der Waals surface area contributed by atoms with Crippen LogP contribution < -0.4 is 5.32 Å². The number of carbonyl (C=O) groups is 1. The van der Waals surface area contributed by atoms with Crippen molar-refractivity contribution in [2.45, 2.75) is 31.7 Å². The summed E-state index contributed by atoms with van der Waals surface area (Å²) in [6.07, 6.45) is 4.13. The molecule has 13 heavy (non-hydrogen) atoms. The first kappa shape index (κ1) is 9.16. The van der Waals surface area contributed by atoms with Gasteiger partial charge in [0.05, 0.1) is 13.2 Å². The molecular weight excluding hydrogens is 166 g/mol. The largest absolute Gasteiger partial charge is 0.378 e. The first-order chi connectivity index (χ1) is 6.38. The van der Waals surface area contributed by atoms with E-state index in [9.17, 15) is 4.79 Å². The van der Waals surface area contributed by atoms with Crippen molar-refractivity contribution in [2.75, 3.05) is 19.8 Å². The summed E-state index contributed by atoms with van der Waals surface area (Å²) in [7, 11) is 0. The van der Waals surface area contributed by atoms with Gasteiger partial charge in [-0.15, -0.1) is 0 Å². The van der Waals surface area contributed by atoms with Crippen LogP contribution in [-0.4, -0.2) is 31.6 Å². The summed E-state index contributed by atoms with van der Waals surface area (Å²) < 4.78 is 5.37. The zero-order valence-electron chi connectivity index (χ0n) is 7.92. The van der Waals surface area contributed by atoms with Crippen LogP contribution in [-0.2, 0) is 9.53 Å². The van der Waals surface area contributed by atoms with Crippen molar-refractivity contribution in [1.29, 1.82) is 0 Å². The van der Waals surface area contributed by atoms with Crippen molar-refractivity contribution < 1.29 is 9.53 Å². The average Bonchev–Trinajstić information content (AvgIpc) is 2.20. The molecule has 0 amide bonds. The van der Waals surface area contributed by atoms with Crippen molar-refractivity contribution in [3.63, 3.8) is 0 Å². The fourth-order valence-corrected chi connectivity index (χ4v) is 2.28. The van der Waals surface area contributed by atoms with Gasteiger partial charge in [-0.2, -0.15) is 0 Å². The summed E-state index contributed by atoms with van der Waals surface area (Å²) in [5.41, 5.74) is 0. The highest BCUT2D eigenvalue weighted by Crippen LogP contribution is 2.24. The Hall–Kier alpha value is -0.410. The van der Waals surface area contributed by atoms with E-state index in [1.165, 1.54) is 6.42 Å². The monoisotopic (exact) mass is 183 g/mol. The van der Waals surface area contributed by atoms with E-state index in [4.69, 9.17) is 4.74 Å². The van der Waals surface area contributed by atoms with Gasteiger partial charge < -0.3 is 10.1 Å². The molecule has 2 rings (SSSR count). The van der Waals surface area contributed by atoms with E-state index in [2.05, 4.69) is 5.32 Å². The predicted molar refractivity (Wildman–Crippen MR) is 49.6 cm³/mol. The molecule has 3 heteroatoms. The van der Waals surface area contributed by atoms with E-state index in [0.29, 0.717) is 11.8 Å². The zero-order chi connectivity index (χ0) is 9.10. The Morgan fingerprint density at radius 2 is 2.31 bits per heavy atom. The summed E-state index contributed by atoms with van der Waals surface area (Å²) in [4.78, 5) is 11.6. The number of morpholine rings is 1. The number of hydrogen-bond donors (Lipinski definition) is 1. The van der Waals surface area contributed by atoms with E-state index < -0.39 is 0 Å². The van der Waals surface area contributed by atoms with Crippen LogP contribution in [0, 0.1) is 5.92 Å². The molecule has 74 valence electrons. The second-order valence-electron chi connectivity index (χ2n) is 3.95. The first-order valence-electron chi connectivity index (χ1n) is 5.22. The van der Waals surface area contributed by atoms with Crippen LogP contribution in [0.3, 0.4) is 0 Å². The number of carbonyl (C=O) groups excluding carboxylic acids is 1. The Labute approximate surface area is 78.8 Å². The molecule has 1 heterocycles. The predicted octanol–water partition coefficient (Wildman–Crippen LogP) is 0.734. The number of Topliss-reactive ketones (excluding diaryl/α,β-unsaturated/α-hetero) is 1. The third kappa shape index (κ3) is 2.09. The topological polar surface area (TPSA) is 38.3 Å². The highest BCUT2D eigenvalue weighted by Gasteiger charge is 2.31. The lowest BCUT2D eigenvalue weighted by Gasteiger charge is -2.32. The Balaban J connectivity index is 1.92. The molecule has 1 N–H and O–H groups in total. The van der Waals surface area contributed by atoms with E-state index in [-0.39, 0.29) is 5.92 Å². The normalized spacial score (nSPS) is 36.2. The van der Waals surface area contributed by atoms with Gasteiger partial charge >= 0.3 is 0 Å². The summed E-state index contributed by atoms with van der Waals surface area (Å²) >= 11 is 0. The molecule has 1 saturated carbocycles. The minimum absolute atomic E-state index is 0.231. The van der Waals surface area contributed by atoms with Gasteiger partial charge in [0, 0.05) is 24.9 Å². The molecule has 2 aliphatic rings. The molecule has 1 aliphatic carbocycles. The van der Waals surface area contributed by atoms with Crippen LogP contribution in [0.4, 0.5) is 0 Å². The van der Waals surface area contributed by atoms with E-state index >= 15 is 0 Å². The Morgan fingerprint density at radius 3 is 3.00 bits per heavy atom. The van der Waals surface area contributed by atoms with E-state index in [1.807, 2.05) is 0 Å². The van der Waals surface area contributed by atoms with Gasteiger partial charge in [0.1, 0.15) is 5.78 Å². The quantitative estimate of drug-likeness (QED) is 0.651. The molecule has 1 aliphatic heterocycles. The fourth-order valence-electron chi connectivity index (χ4n) is 2.28. The summed E-state index contributed by atoms with van der Waals surface area (Å²) in [5, 5.41) is 3.37. The molecular formula is C10H17NO2. The van der Waals surface area contributed by atoms with Crippen LogP contribution in [0.25, 0.3) is 0 Å². The minimum atomic E-state index is 0.231. The van der Waals surface area contributed by atoms with Crippen molar-refractivity contribution >= 4 is 5.78 Å². The van der Waals surface area contributed by atoms with Crippen molar-refractivity contribution in [3.05, 3.63) is 0 Å². The first-order valence-corrected chi connectivity index (χ1v) is 5.22. The van der Waals surface area contributed by atoms with Crippen LogP contribution in [0.15, 0.2) is 0 Å². The van der Waals surface area contributed by atoms with Gasteiger partial charge in [-0.25, -0.2) is 0 Å². The molecule has 0 bridgehead atoms. The van der Waals surface area contributed by atoms with Crippen LogP contribution in [0.5, 0.6) is 0 Å². The fraction of sp³-hybridized carbons (Fsp3) is 0.900. The number of rotatable bonds is 1. The smallest absolute Gasteiger partial charge is 0.137 e. The number of ether oxygens (including phenoxy) is 1. The highest BCUT2D eigenvalue weighted by atomic mass is 16.5. The molecule has 3 nitrogen and oxygen atoms in total. The van der Waals surface area contributed by atoms with Gasteiger partial charge in [0.15, 0.2) is 0 Å². The second kappa shape index (κ2) is 4.20. The Morgan fingerprint density at radius 1 is 1.38 bits per heavy atom. The molecule has 0 radical (unpaired) electrons. The molecule has 1 saturated heterocycles. The van der Waals surface area contributed by atoms with Gasteiger partial charge in [-0.05, 0) is 12.8 Å². The molecule has 2 fully saturated rings. The van der Waals surface area contributed by atoms with Crippen molar-refractivity contribution in [1.82, 2.24) is 5.32 Å². The number of hydrogen-bond acceptors (Lipinski definition) is 3. The van der Waals surface area contributed by atoms with Crippen LogP contribution in [0.1, 0.15) is 25.7 Å². The zero-order valence-corrected chi connectivity index (χ0v) is 7.92. The highest BCUT2D eigenvalue weighted by molar-refractivity contribution is 5.82. The third-order valence-corrected chi connectivity index (χ3v) is 3.04. The third-order valence-electron chi connectivity index (χ3n) is 3.04.